The quantitative estimate of drug-likeness (QED) is 0.653. The van der Waals surface area contributed by atoms with Gasteiger partial charge >= 0.3 is 0 Å². The average Bonchev–Trinajstić information content (AvgIpc) is 3.01. The van der Waals surface area contributed by atoms with Crippen molar-refractivity contribution in [3.05, 3.63) is 83.9 Å². The zero-order valence-corrected chi connectivity index (χ0v) is 14.6. The minimum Gasteiger partial charge on any atom is -0.497 e. The topological polar surface area (TPSA) is 43.2 Å². The average molecular weight is 342 g/mol. The van der Waals surface area contributed by atoms with Crippen LogP contribution in [0, 0.1) is 6.92 Å². The van der Waals surface area contributed by atoms with Gasteiger partial charge in [0, 0.05) is 5.56 Å². The maximum atomic E-state index is 6.00. The number of fused-ring (bicyclic) bond motifs is 1. The zero-order chi connectivity index (χ0) is 17.9. The smallest absolute Gasteiger partial charge is 0.246 e. The summed E-state index contributed by atoms with van der Waals surface area (Å²) in [4.78, 5) is 9.51. The van der Waals surface area contributed by atoms with Crippen LogP contribution in [0.25, 0.3) is 0 Å². The van der Waals surface area contributed by atoms with Gasteiger partial charge in [-0.25, -0.2) is 9.98 Å². The fraction of sp³-hybridized carbons (Fsp3) is 0.0909. The summed E-state index contributed by atoms with van der Waals surface area (Å²) in [5.74, 6) is 2.08. The molecule has 1 aliphatic rings. The van der Waals surface area contributed by atoms with Gasteiger partial charge < -0.3 is 9.47 Å². The summed E-state index contributed by atoms with van der Waals surface area (Å²) < 4.78 is 11.3. The van der Waals surface area contributed by atoms with Crippen LogP contribution in [0.5, 0.6) is 11.5 Å². The molecule has 0 unspecified atom stereocenters. The Kier molecular flexibility index (Phi) is 4.23. The van der Waals surface area contributed by atoms with Gasteiger partial charge in [-0.05, 0) is 55.0 Å². The third-order valence-corrected chi connectivity index (χ3v) is 4.17. The van der Waals surface area contributed by atoms with Crippen LogP contribution in [-0.4, -0.2) is 18.7 Å². The minimum absolute atomic E-state index is 0.503. The van der Waals surface area contributed by atoms with Crippen molar-refractivity contribution in [2.24, 2.45) is 9.98 Å². The molecule has 4 nitrogen and oxygen atoms in total. The van der Waals surface area contributed by atoms with E-state index >= 15 is 0 Å². The number of methoxy groups -OCH3 is 1. The van der Waals surface area contributed by atoms with E-state index in [0.29, 0.717) is 5.90 Å². The lowest BCUT2D eigenvalue weighted by molar-refractivity contribution is 0.414. The van der Waals surface area contributed by atoms with Gasteiger partial charge in [0.2, 0.25) is 5.90 Å². The van der Waals surface area contributed by atoms with Crippen LogP contribution in [0.3, 0.4) is 0 Å². The van der Waals surface area contributed by atoms with Crippen LogP contribution >= 0.6 is 0 Å². The molecule has 0 bridgehead atoms. The molecule has 3 aromatic rings. The van der Waals surface area contributed by atoms with E-state index in [1.165, 1.54) is 0 Å². The number of aryl methyl sites for hydroxylation is 1. The van der Waals surface area contributed by atoms with Crippen LogP contribution in [0.1, 0.15) is 11.1 Å². The number of benzene rings is 3. The Hall–Kier alpha value is -3.40. The second-order valence-corrected chi connectivity index (χ2v) is 5.96. The molecular formula is C22H18N2O2. The first-order valence-corrected chi connectivity index (χ1v) is 8.39. The molecule has 3 aromatic carbocycles. The second-order valence-electron chi connectivity index (χ2n) is 5.96. The zero-order valence-electron chi connectivity index (χ0n) is 14.6. The molecule has 0 N–H and O–H groups in total. The fourth-order valence-corrected chi connectivity index (χ4v) is 2.82. The standard InChI is InChI=1S/C22H18N2O2/c1-15-14-17(25-2)12-13-19(15)24-22-21(23-16-8-4-3-5-9-16)18-10-6-7-11-20(18)26-22/h3-14H,1-2H3. The highest BCUT2D eigenvalue weighted by atomic mass is 16.5. The molecule has 26 heavy (non-hydrogen) atoms. The van der Waals surface area contributed by atoms with Crippen LogP contribution in [0.2, 0.25) is 0 Å². The molecule has 0 saturated heterocycles. The van der Waals surface area contributed by atoms with E-state index in [1.54, 1.807) is 7.11 Å². The Bertz CT molecular complexity index is 1010. The van der Waals surface area contributed by atoms with Gasteiger partial charge in [0.25, 0.3) is 0 Å². The predicted molar refractivity (Wildman–Crippen MR) is 105 cm³/mol. The Labute approximate surface area is 152 Å². The number of ether oxygens (including phenoxy) is 2. The Morgan fingerprint density at radius 3 is 2.38 bits per heavy atom. The van der Waals surface area contributed by atoms with Crippen molar-refractivity contribution < 1.29 is 9.47 Å². The van der Waals surface area contributed by atoms with Crippen molar-refractivity contribution >= 4 is 23.0 Å². The van der Waals surface area contributed by atoms with E-state index in [4.69, 9.17) is 19.5 Å². The second kappa shape index (κ2) is 6.84. The SMILES string of the molecule is COc1ccc(N=C2Oc3ccccc3C2=Nc2ccccc2)c(C)c1. The first-order chi connectivity index (χ1) is 12.7. The fourth-order valence-electron chi connectivity index (χ4n) is 2.82. The van der Waals surface area contributed by atoms with E-state index in [1.807, 2.05) is 79.7 Å². The van der Waals surface area contributed by atoms with E-state index in [2.05, 4.69) is 0 Å². The molecular weight excluding hydrogens is 324 g/mol. The number of hydrogen-bond acceptors (Lipinski definition) is 4. The first kappa shape index (κ1) is 16.1. The molecule has 0 spiro atoms. The number of rotatable bonds is 3. The van der Waals surface area contributed by atoms with Gasteiger partial charge in [0.15, 0.2) is 0 Å². The molecule has 0 saturated carbocycles. The molecule has 0 aromatic heterocycles. The van der Waals surface area contributed by atoms with Gasteiger partial charge in [0.05, 0.1) is 18.5 Å². The van der Waals surface area contributed by atoms with Gasteiger partial charge in [0.1, 0.15) is 17.2 Å². The highest BCUT2D eigenvalue weighted by Gasteiger charge is 2.27. The van der Waals surface area contributed by atoms with Gasteiger partial charge in [-0.3, -0.25) is 0 Å². The first-order valence-electron chi connectivity index (χ1n) is 8.39. The van der Waals surface area contributed by atoms with Gasteiger partial charge in [-0.15, -0.1) is 0 Å². The molecule has 4 rings (SSSR count). The summed E-state index contributed by atoms with van der Waals surface area (Å²) in [7, 11) is 1.65. The monoisotopic (exact) mass is 342 g/mol. The van der Waals surface area contributed by atoms with E-state index in [0.717, 1.165) is 39.7 Å². The summed E-state index contributed by atoms with van der Waals surface area (Å²) in [6.07, 6.45) is 0. The number of aliphatic imine (C=N–C) groups is 2. The van der Waals surface area contributed by atoms with Crippen LogP contribution < -0.4 is 9.47 Å². The predicted octanol–water partition coefficient (Wildman–Crippen LogP) is 5.25. The molecule has 4 heteroatoms. The highest BCUT2D eigenvalue weighted by Crippen LogP contribution is 2.31. The lowest BCUT2D eigenvalue weighted by Gasteiger charge is -2.05. The molecule has 0 radical (unpaired) electrons. The number of hydrogen-bond donors (Lipinski definition) is 0. The van der Waals surface area contributed by atoms with E-state index in [-0.39, 0.29) is 0 Å². The third kappa shape index (κ3) is 3.09. The molecule has 128 valence electrons. The summed E-state index contributed by atoms with van der Waals surface area (Å²) in [6.45, 7) is 2.00. The largest absolute Gasteiger partial charge is 0.497 e. The molecule has 0 atom stereocenters. The van der Waals surface area contributed by atoms with E-state index in [9.17, 15) is 0 Å². The van der Waals surface area contributed by atoms with Gasteiger partial charge in [-0.2, -0.15) is 0 Å². The third-order valence-electron chi connectivity index (χ3n) is 4.17. The maximum Gasteiger partial charge on any atom is 0.246 e. The lowest BCUT2D eigenvalue weighted by atomic mass is 10.1. The van der Waals surface area contributed by atoms with Crippen LogP contribution in [-0.2, 0) is 0 Å². The van der Waals surface area contributed by atoms with Crippen molar-refractivity contribution in [2.45, 2.75) is 6.92 Å². The van der Waals surface area contributed by atoms with Crippen molar-refractivity contribution in [3.8, 4) is 11.5 Å². The van der Waals surface area contributed by atoms with E-state index < -0.39 is 0 Å². The summed E-state index contributed by atoms with van der Waals surface area (Å²) in [5, 5.41) is 0. The normalized spacial score (nSPS) is 15.8. The Morgan fingerprint density at radius 1 is 0.846 bits per heavy atom. The minimum atomic E-state index is 0.503. The van der Waals surface area contributed by atoms with Crippen LogP contribution in [0.4, 0.5) is 11.4 Å². The number of para-hydroxylation sites is 2. The molecule has 1 heterocycles. The van der Waals surface area contributed by atoms with Crippen molar-refractivity contribution in [1.82, 2.24) is 0 Å². The van der Waals surface area contributed by atoms with Crippen LogP contribution in [0.15, 0.2) is 82.8 Å². The van der Waals surface area contributed by atoms with Crippen molar-refractivity contribution in [3.63, 3.8) is 0 Å². The summed E-state index contributed by atoms with van der Waals surface area (Å²) in [5.41, 5.74) is 4.38. The maximum absolute atomic E-state index is 6.00. The summed E-state index contributed by atoms with van der Waals surface area (Å²) >= 11 is 0. The van der Waals surface area contributed by atoms with Crippen molar-refractivity contribution in [2.75, 3.05) is 7.11 Å². The number of nitrogens with zero attached hydrogens (tertiary/aromatic N) is 2. The Morgan fingerprint density at radius 2 is 1.62 bits per heavy atom. The Balaban J connectivity index is 1.81. The van der Waals surface area contributed by atoms with Gasteiger partial charge in [-0.1, -0.05) is 30.3 Å². The molecule has 1 aliphatic heterocycles. The molecule has 0 fully saturated rings. The van der Waals surface area contributed by atoms with Crippen molar-refractivity contribution in [1.29, 1.82) is 0 Å². The highest BCUT2D eigenvalue weighted by molar-refractivity contribution is 6.49. The summed E-state index contributed by atoms with van der Waals surface area (Å²) in [6, 6.07) is 23.4. The molecule has 0 aliphatic carbocycles. The molecule has 0 amide bonds. The lowest BCUT2D eigenvalue weighted by Crippen LogP contribution is -2.13.